The van der Waals surface area contributed by atoms with Crippen LogP contribution in [-0.4, -0.2) is 33.8 Å². The number of carboxylic acids is 1. The van der Waals surface area contributed by atoms with E-state index in [-0.39, 0.29) is 6.42 Å². The van der Waals surface area contributed by atoms with Crippen LogP contribution in [0.4, 0.5) is 4.79 Å². The fourth-order valence-electron chi connectivity index (χ4n) is 2.24. The van der Waals surface area contributed by atoms with E-state index in [0.717, 1.165) is 20.9 Å². The van der Waals surface area contributed by atoms with Crippen LogP contribution in [-0.2, 0) is 16.0 Å². The first-order valence-electron chi connectivity index (χ1n) is 7.14. The molecular formula is C16H19BrN2O4. The molecule has 0 saturated carbocycles. The Morgan fingerprint density at radius 2 is 2.09 bits per heavy atom. The first kappa shape index (κ1) is 17.3. The van der Waals surface area contributed by atoms with Gasteiger partial charge in [0.1, 0.15) is 11.6 Å². The van der Waals surface area contributed by atoms with Crippen molar-refractivity contribution in [2.45, 2.75) is 38.8 Å². The fraction of sp³-hybridized carbons (Fsp3) is 0.375. The molecule has 1 atom stereocenters. The Morgan fingerprint density at radius 1 is 1.39 bits per heavy atom. The summed E-state index contributed by atoms with van der Waals surface area (Å²) < 4.78 is 5.99. The highest BCUT2D eigenvalue weighted by Crippen LogP contribution is 2.27. The van der Waals surface area contributed by atoms with E-state index in [1.807, 2.05) is 18.2 Å². The maximum atomic E-state index is 11.8. The van der Waals surface area contributed by atoms with Gasteiger partial charge in [0.2, 0.25) is 0 Å². The van der Waals surface area contributed by atoms with Crippen LogP contribution in [0.3, 0.4) is 0 Å². The predicted octanol–water partition coefficient (Wildman–Crippen LogP) is 3.45. The zero-order chi connectivity index (χ0) is 17.2. The Morgan fingerprint density at radius 3 is 2.70 bits per heavy atom. The third kappa shape index (κ3) is 4.48. The van der Waals surface area contributed by atoms with Crippen LogP contribution in [0.2, 0.25) is 0 Å². The molecule has 124 valence electrons. The number of fused-ring (bicyclic) bond motifs is 1. The fourth-order valence-corrected chi connectivity index (χ4v) is 2.86. The Bertz CT molecular complexity index is 733. The van der Waals surface area contributed by atoms with Crippen molar-refractivity contribution in [2.24, 2.45) is 0 Å². The number of rotatable bonds is 4. The molecule has 0 bridgehead atoms. The molecule has 1 aromatic heterocycles. The maximum absolute atomic E-state index is 11.8. The predicted molar refractivity (Wildman–Crippen MR) is 90.5 cm³/mol. The minimum Gasteiger partial charge on any atom is -0.480 e. The average molecular weight is 383 g/mol. The van der Waals surface area contributed by atoms with Crippen molar-refractivity contribution < 1.29 is 19.4 Å². The topological polar surface area (TPSA) is 91.4 Å². The first-order chi connectivity index (χ1) is 10.7. The van der Waals surface area contributed by atoms with Crippen LogP contribution in [0.15, 0.2) is 28.9 Å². The summed E-state index contributed by atoms with van der Waals surface area (Å²) in [7, 11) is 0. The number of halogens is 1. The van der Waals surface area contributed by atoms with Gasteiger partial charge in [-0.15, -0.1) is 0 Å². The van der Waals surface area contributed by atoms with Crippen LogP contribution in [0.25, 0.3) is 10.9 Å². The molecular weight excluding hydrogens is 364 g/mol. The highest BCUT2D eigenvalue weighted by atomic mass is 79.9. The second-order valence-corrected chi connectivity index (χ2v) is 7.07. The van der Waals surface area contributed by atoms with Crippen LogP contribution in [0.1, 0.15) is 26.3 Å². The smallest absolute Gasteiger partial charge is 0.408 e. The third-order valence-corrected chi connectivity index (χ3v) is 3.81. The standard InChI is InChI=1S/C16H19BrN2O4/c1-16(2,3)23-15(22)19-12(14(20)21)7-9-8-18-11-6-4-5-10(17)13(9)11/h4-6,8,12,18H,7H2,1-3H3,(H,19,22)(H,20,21)/t12-/m1/s1. The third-order valence-electron chi connectivity index (χ3n) is 3.15. The molecule has 1 aromatic carbocycles. The van der Waals surface area contributed by atoms with Crippen LogP contribution in [0.5, 0.6) is 0 Å². The van der Waals surface area contributed by atoms with Gasteiger partial charge in [-0.05, 0) is 38.5 Å². The van der Waals surface area contributed by atoms with Gasteiger partial charge in [-0.3, -0.25) is 0 Å². The molecule has 0 aliphatic heterocycles. The molecule has 0 radical (unpaired) electrons. The highest BCUT2D eigenvalue weighted by molar-refractivity contribution is 9.10. The molecule has 0 fully saturated rings. The average Bonchev–Trinajstić information content (AvgIpc) is 2.80. The van der Waals surface area contributed by atoms with Crippen molar-refractivity contribution in [3.63, 3.8) is 0 Å². The Labute approximate surface area is 142 Å². The van der Waals surface area contributed by atoms with Gasteiger partial charge in [-0.2, -0.15) is 0 Å². The molecule has 3 N–H and O–H groups in total. The molecule has 0 unspecified atom stereocenters. The van der Waals surface area contributed by atoms with Crippen LogP contribution in [0, 0.1) is 0 Å². The number of ether oxygens (including phenoxy) is 1. The molecule has 6 nitrogen and oxygen atoms in total. The second-order valence-electron chi connectivity index (χ2n) is 6.22. The lowest BCUT2D eigenvalue weighted by atomic mass is 10.1. The number of amides is 1. The van der Waals surface area contributed by atoms with E-state index in [1.54, 1.807) is 27.0 Å². The normalized spacial score (nSPS) is 12.9. The summed E-state index contributed by atoms with van der Waals surface area (Å²) in [4.78, 5) is 26.4. The highest BCUT2D eigenvalue weighted by Gasteiger charge is 2.25. The van der Waals surface area contributed by atoms with E-state index < -0.39 is 23.7 Å². The SMILES string of the molecule is CC(C)(C)OC(=O)N[C@H](Cc1c[nH]c2cccc(Br)c12)C(=O)O. The minimum atomic E-state index is -1.11. The van der Waals surface area contributed by atoms with Crippen LogP contribution < -0.4 is 5.32 Å². The second kappa shape index (κ2) is 6.62. The van der Waals surface area contributed by atoms with E-state index in [0.29, 0.717) is 0 Å². The Hall–Kier alpha value is -2.02. The lowest BCUT2D eigenvalue weighted by Gasteiger charge is -2.22. The zero-order valence-electron chi connectivity index (χ0n) is 13.1. The largest absolute Gasteiger partial charge is 0.480 e. The number of benzene rings is 1. The van der Waals surface area contributed by atoms with Gasteiger partial charge >= 0.3 is 12.1 Å². The van der Waals surface area contributed by atoms with E-state index >= 15 is 0 Å². The lowest BCUT2D eigenvalue weighted by Crippen LogP contribution is -2.44. The molecule has 1 heterocycles. The molecule has 0 aliphatic carbocycles. The number of carboxylic acid groups (broad SMARTS) is 1. The van der Waals surface area contributed by atoms with Crippen molar-refractivity contribution in [3.8, 4) is 0 Å². The number of alkyl carbamates (subject to hydrolysis) is 1. The summed E-state index contributed by atoms with van der Waals surface area (Å²) >= 11 is 3.46. The molecule has 1 amide bonds. The van der Waals surface area contributed by atoms with Gasteiger partial charge < -0.3 is 20.1 Å². The summed E-state index contributed by atoms with van der Waals surface area (Å²) in [5, 5.41) is 12.7. The van der Waals surface area contributed by atoms with Crippen molar-refractivity contribution >= 4 is 38.9 Å². The number of aliphatic carboxylic acids is 1. The lowest BCUT2D eigenvalue weighted by molar-refractivity contribution is -0.139. The summed E-state index contributed by atoms with van der Waals surface area (Å²) in [5.41, 5.74) is 1.02. The van der Waals surface area contributed by atoms with Crippen LogP contribution >= 0.6 is 15.9 Å². The molecule has 2 aromatic rings. The monoisotopic (exact) mass is 382 g/mol. The van der Waals surface area contributed by atoms with Crippen molar-refractivity contribution in [1.29, 1.82) is 0 Å². The van der Waals surface area contributed by atoms with Gasteiger partial charge in [-0.1, -0.05) is 22.0 Å². The minimum absolute atomic E-state index is 0.150. The van der Waals surface area contributed by atoms with Gasteiger partial charge in [0, 0.05) is 28.0 Å². The van der Waals surface area contributed by atoms with Crippen molar-refractivity contribution in [3.05, 3.63) is 34.4 Å². The van der Waals surface area contributed by atoms with Gasteiger partial charge in [-0.25, -0.2) is 9.59 Å². The van der Waals surface area contributed by atoms with Crippen molar-refractivity contribution in [1.82, 2.24) is 10.3 Å². The molecule has 0 spiro atoms. The number of hydrogen-bond acceptors (Lipinski definition) is 3. The quantitative estimate of drug-likeness (QED) is 0.754. The van der Waals surface area contributed by atoms with E-state index in [1.165, 1.54) is 0 Å². The number of nitrogens with one attached hydrogen (secondary N) is 2. The molecule has 0 aliphatic rings. The molecule has 7 heteroatoms. The number of H-pyrrole nitrogens is 1. The molecule has 2 rings (SSSR count). The first-order valence-corrected chi connectivity index (χ1v) is 7.93. The van der Waals surface area contributed by atoms with Gasteiger partial charge in [0.05, 0.1) is 0 Å². The number of hydrogen-bond donors (Lipinski definition) is 3. The number of aromatic nitrogens is 1. The zero-order valence-corrected chi connectivity index (χ0v) is 14.7. The van der Waals surface area contributed by atoms with Gasteiger partial charge in [0.25, 0.3) is 0 Å². The molecule has 23 heavy (non-hydrogen) atoms. The van der Waals surface area contributed by atoms with E-state index in [4.69, 9.17) is 4.74 Å². The maximum Gasteiger partial charge on any atom is 0.408 e. The summed E-state index contributed by atoms with van der Waals surface area (Å²) in [6.45, 7) is 5.16. The Kier molecular flexibility index (Phi) is 4.99. The summed E-state index contributed by atoms with van der Waals surface area (Å²) in [5.74, 6) is -1.11. The number of carbonyl (C=O) groups excluding carboxylic acids is 1. The van der Waals surface area contributed by atoms with Gasteiger partial charge in [0.15, 0.2) is 0 Å². The number of carbonyl (C=O) groups is 2. The Balaban J connectivity index is 2.19. The summed E-state index contributed by atoms with van der Waals surface area (Å²) in [6, 6.07) is 4.61. The van der Waals surface area contributed by atoms with E-state index in [2.05, 4.69) is 26.2 Å². The van der Waals surface area contributed by atoms with Crippen molar-refractivity contribution in [2.75, 3.05) is 0 Å². The van der Waals surface area contributed by atoms with E-state index in [9.17, 15) is 14.7 Å². The molecule has 0 saturated heterocycles. The number of aromatic amines is 1. The summed E-state index contributed by atoms with van der Waals surface area (Å²) in [6.07, 6.45) is 1.16.